The molecule has 0 unspecified atom stereocenters. The van der Waals surface area contributed by atoms with Crippen molar-refractivity contribution in [2.45, 2.75) is 0 Å². The lowest BCUT2D eigenvalue weighted by Gasteiger charge is -2.24. The highest BCUT2D eigenvalue weighted by Crippen LogP contribution is 2.38. The van der Waals surface area contributed by atoms with E-state index in [0.717, 1.165) is 5.75 Å². The Kier molecular flexibility index (Phi) is 1.46. The predicted octanol–water partition coefficient (Wildman–Crippen LogP) is 2.26. The number of rotatable bonds is 0. The molecule has 0 aromatic heterocycles. The van der Waals surface area contributed by atoms with Crippen LogP contribution in [0.25, 0.3) is 0 Å². The Hall–Kier alpha value is -1.22. The Labute approximate surface area is 81.0 Å². The first kappa shape index (κ1) is 7.21. The van der Waals surface area contributed by atoms with Crippen LogP contribution < -0.4 is 0 Å². The summed E-state index contributed by atoms with van der Waals surface area (Å²) in [5, 5.41) is 0. The van der Waals surface area contributed by atoms with Crippen molar-refractivity contribution in [1.29, 1.82) is 0 Å². The molecule has 0 atom stereocenters. The Balaban J connectivity index is 2.16. The fourth-order valence-corrected chi connectivity index (χ4v) is 2.65. The molecule has 3 aliphatic heterocycles. The number of hydrogen-bond donors (Lipinski definition) is 0. The van der Waals surface area contributed by atoms with Crippen molar-refractivity contribution in [3.05, 3.63) is 46.9 Å². The highest BCUT2D eigenvalue weighted by Gasteiger charge is 2.21. The van der Waals surface area contributed by atoms with Crippen molar-refractivity contribution in [1.82, 2.24) is 4.90 Å². The molecule has 0 saturated carbocycles. The molecule has 64 valence electrons. The van der Waals surface area contributed by atoms with Crippen LogP contribution >= 0.6 is 11.8 Å². The predicted molar refractivity (Wildman–Crippen MR) is 56.2 cm³/mol. The van der Waals surface area contributed by atoms with Gasteiger partial charge in [0.2, 0.25) is 0 Å². The normalized spacial score (nSPS) is 23.4. The minimum atomic E-state index is 1.09. The molecule has 0 amide bonds. The Morgan fingerprint density at radius 3 is 3.38 bits per heavy atom. The second kappa shape index (κ2) is 2.64. The third-order valence-electron chi connectivity index (χ3n) is 2.23. The van der Waals surface area contributed by atoms with Crippen LogP contribution in [-0.4, -0.2) is 16.9 Å². The van der Waals surface area contributed by atoms with Crippen molar-refractivity contribution < 1.29 is 0 Å². The summed E-state index contributed by atoms with van der Waals surface area (Å²) in [4.78, 5) is 7.61. The van der Waals surface area contributed by atoms with Gasteiger partial charge in [0.05, 0.1) is 11.9 Å². The van der Waals surface area contributed by atoms with Gasteiger partial charge in [0.15, 0.2) is 0 Å². The topological polar surface area (TPSA) is 15.6 Å². The van der Waals surface area contributed by atoms with Gasteiger partial charge in [-0.1, -0.05) is 6.08 Å². The van der Waals surface area contributed by atoms with Crippen LogP contribution in [-0.2, 0) is 0 Å². The Morgan fingerprint density at radius 2 is 2.38 bits per heavy atom. The first-order valence-electron chi connectivity index (χ1n) is 4.19. The standard InChI is InChI=1S/C10H8N2S/c1-4-12-5-3-11-7-9(12)10-8(1)2-6-13-10/h1-5,7H,6H2. The highest BCUT2D eigenvalue weighted by molar-refractivity contribution is 8.03. The van der Waals surface area contributed by atoms with Gasteiger partial charge in [-0.3, -0.25) is 4.99 Å². The SMILES string of the molecule is C1=CN2C=CC3=CCSC3=C2C=N1. The minimum absolute atomic E-state index is 1.09. The van der Waals surface area contributed by atoms with Crippen LogP contribution in [0.4, 0.5) is 0 Å². The lowest BCUT2D eigenvalue weighted by atomic mass is 10.1. The lowest BCUT2D eigenvalue weighted by molar-refractivity contribution is 0.649. The van der Waals surface area contributed by atoms with Gasteiger partial charge in [0.25, 0.3) is 0 Å². The maximum atomic E-state index is 4.14. The van der Waals surface area contributed by atoms with E-state index in [1.54, 1.807) is 0 Å². The van der Waals surface area contributed by atoms with Gasteiger partial charge in [-0.25, -0.2) is 0 Å². The molecule has 0 aromatic carbocycles. The zero-order valence-electron chi connectivity index (χ0n) is 6.97. The maximum Gasteiger partial charge on any atom is 0.0777 e. The largest absolute Gasteiger partial charge is 0.320 e. The van der Waals surface area contributed by atoms with E-state index >= 15 is 0 Å². The van der Waals surface area contributed by atoms with E-state index in [2.05, 4.69) is 28.2 Å². The summed E-state index contributed by atoms with van der Waals surface area (Å²) in [7, 11) is 0. The number of fused-ring (bicyclic) bond motifs is 2. The molecular weight excluding hydrogens is 180 g/mol. The molecule has 3 rings (SSSR count). The van der Waals surface area contributed by atoms with E-state index < -0.39 is 0 Å². The molecule has 0 spiro atoms. The van der Waals surface area contributed by atoms with E-state index in [-0.39, 0.29) is 0 Å². The molecule has 3 heterocycles. The fourth-order valence-electron chi connectivity index (χ4n) is 1.59. The van der Waals surface area contributed by atoms with Gasteiger partial charge in [-0.15, -0.1) is 11.8 Å². The molecule has 3 heteroatoms. The number of aliphatic imine (C=N–C) groups is 1. The van der Waals surface area contributed by atoms with E-state index in [4.69, 9.17) is 0 Å². The van der Waals surface area contributed by atoms with Crippen molar-refractivity contribution in [2.75, 3.05) is 5.75 Å². The second-order valence-electron chi connectivity index (χ2n) is 2.98. The molecule has 0 N–H and O–H groups in total. The smallest absolute Gasteiger partial charge is 0.0777 e. The molecule has 0 saturated heterocycles. The van der Waals surface area contributed by atoms with Gasteiger partial charge >= 0.3 is 0 Å². The third-order valence-corrected chi connectivity index (χ3v) is 3.30. The van der Waals surface area contributed by atoms with E-state index in [9.17, 15) is 0 Å². The number of hydrogen-bond acceptors (Lipinski definition) is 3. The first-order valence-corrected chi connectivity index (χ1v) is 5.18. The molecule has 0 bridgehead atoms. The zero-order chi connectivity index (χ0) is 8.67. The monoisotopic (exact) mass is 188 g/mol. The molecule has 0 fully saturated rings. The molecular formula is C10H8N2S. The van der Waals surface area contributed by atoms with Crippen molar-refractivity contribution in [3.63, 3.8) is 0 Å². The van der Waals surface area contributed by atoms with Gasteiger partial charge < -0.3 is 4.90 Å². The summed E-state index contributed by atoms with van der Waals surface area (Å²) in [5.41, 5.74) is 2.55. The molecule has 2 nitrogen and oxygen atoms in total. The molecule has 0 aromatic rings. The summed E-state index contributed by atoms with van der Waals surface area (Å²) in [6.45, 7) is 0. The number of allylic oxidation sites excluding steroid dienone is 3. The Morgan fingerprint density at radius 1 is 1.38 bits per heavy atom. The molecule has 0 radical (unpaired) electrons. The summed E-state index contributed by atoms with van der Waals surface area (Å²) in [6.07, 6.45) is 12.2. The van der Waals surface area contributed by atoms with Gasteiger partial charge in [0.1, 0.15) is 0 Å². The van der Waals surface area contributed by atoms with Crippen molar-refractivity contribution in [2.24, 2.45) is 4.99 Å². The second-order valence-corrected chi connectivity index (χ2v) is 4.01. The van der Waals surface area contributed by atoms with Crippen LogP contribution in [0.2, 0.25) is 0 Å². The minimum Gasteiger partial charge on any atom is -0.320 e. The van der Waals surface area contributed by atoms with Crippen molar-refractivity contribution >= 4 is 18.0 Å². The summed E-state index contributed by atoms with van der Waals surface area (Å²) < 4.78 is 0. The summed E-state index contributed by atoms with van der Waals surface area (Å²) in [5.74, 6) is 1.09. The van der Waals surface area contributed by atoms with E-state index in [1.165, 1.54) is 16.2 Å². The maximum absolute atomic E-state index is 4.14. The molecule has 0 aliphatic carbocycles. The average molecular weight is 188 g/mol. The van der Waals surface area contributed by atoms with Crippen LogP contribution in [0.5, 0.6) is 0 Å². The van der Waals surface area contributed by atoms with Gasteiger partial charge in [0, 0.05) is 29.3 Å². The Bertz CT molecular complexity index is 399. The van der Waals surface area contributed by atoms with Crippen LogP contribution in [0, 0.1) is 0 Å². The summed E-state index contributed by atoms with van der Waals surface area (Å²) >= 11 is 1.88. The molecule has 13 heavy (non-hydrogen) atoms. The lowest BCUT2D eigenvalue weighted by Crippen LogP contribution is -2.17. The van der Waals surface area contributed by atoms with Crippen LogP contribution in [0.15, 0.2) is 51.9 Å². The van der Waals surface area contributed by atoms with Gasteiger partial charge in [-0.05, 0) is 11.6 Å². The van der Waals surface area contributed by atoms with E-state index in [1.807, 2.05) is 30.4 Å². The van der Waals surface area contributed by atoms with E-state index in [0.29, 0.717) is 0 Å². The average Bonchev–Trinajstić information content (AvgIpc) is 2.65. The zero-order valence-corrected chi connectivity index (χ0v) is 7.79. The number of thioether (sulfide) groups is 1. The van der Waals surface area contributed by atoms with Crippen LogP contribution in [0.1, 0.15) is 0 Å². The number of nitrogens with zero attached hydrogens (tertiary/aromatic N) is 2. The quantitative estimate of drug-likeness (QED) is 0.579. The molecule has 3 aliphatic rings. The van der Waals surface area contributed by atoms with Gasteiger partial charge in [-0.2, -0.15) is 0 Å². The summed E-state index contributed by atoms with van der Waals surface area (Å²) in [6, 6.07) is 0. The van der Waals surface area contributed by atoms with Crippen LogP contribution in [0.3, 0.4) is 0 Å². The third kappa shape index (κ3) is 1.00. The fraction of sp³-hybridized carbons (Fsp3) is 0.100. The van der Waals surface area contributed by atoms with Crippen molar-refractivity contribution in [3.8, 4) is 0 Å². The highest BCUT2D eigenvalue weighted by atomic mass is 32.2. The first-order chi connectivity index (χ1) is 6.45.